The Morgan fingerprint density at radius 2 is 2.14 bits per heavy atom. The van der Waals surface area contributed by atoms with Gasteiger partial charge in [0.25, 0.3) is 0 Å². The Labute approximate surface area is 57.2 Å². The van der Waals surface area contributed by atoms with E-state index in [1.807, 2.05) is 18.3 Å². The van der Waals surface area contributed by atoms with Crippen LogP contribution in [-0.4, -0.2) is 4.98 Å². The van der Waals surface area contributed by atoms with E-state index in [1.165, 1.54) is 0 Å². The molecule has 1 aromatic heterocycles. The van der Waals surface area contributed by atoms with Crippen molar-refractivity contribution in [1.29, 1.82) is 0 Å². The van der Waals surface area contributed by atoms with E-state index in [9.17, 15) is 0 Å². The van der Waals surface area contributed by atoms with Gasteiger partial charge in [0.1, 0.15) is 0 Å². The Morgan fingerprint density at radius 3 is 2.29 bits per heavy atom. The van der Waals surface area contributed by atoms with E-state index in [1.54, 1.807) is 0 Å². The number of nitrogens with one attached hydrogen (secondary N) is 1. The van der Waals surface area contributed by atoms with Crippen molar-refractivity contribution in [3.8, 4) is 0 Å². The van der Waals surface area contributed by atoms with Crippen molar-refractivity contribution in [2.75, 3.05) is 0 Å². The fourth-order valence-corrected chi connectivity index (χ4v) is 0.241. The molecule has 7 heavy (non-hydrogen) atoms. The Kier molecular flexibility index (Phi) is 8.47. The SMILES string of the molecule is [CH3-].[OsH2].[c-]1ccc[nH]1. The normalized spacial score (nSPS) is 5.71. The van der Waals surface area contributed by atoms with Crippen molar-refractivity contribution in [1.82, 2.24) is 4.98 Å². The van der Waals surface area contributed by atoms with Gasteiger partial charge in [-0.25, -0.2) is 0 Å². The zero-order valence-electron chi connectivity index (χ0n) is 4.14. The second kappa shape index (κ2) is 5.92. The molecule has 0 atom stereocenters. The van der Waals surface area contributed by atoms with Crippen LogP contribution in [0.2, 0.25) is 0 Å². The van der Waals surface area contributed by atoms with Crippen molar-refractivity contribution in [3.63, 3.8) is 0 Å². The van der Waals surface area contributed by atoms with Crippen LogP contribution in [0.1, 0.15) is 0 Å². The summed E-state index contributed by atoms with van der Waals surface area (Å²) < 4.78 is 0. The third-order valence-corrected chi connectivity index (χ3v) is 0.442. The number of H-pyrrole nitrogens is 1. The van der Waals surface area contributed by atoms with Gasteiger partial charge in [-0.2, -0.15) is 18.3 Å². The van der Waals surface area contributed by atoms with Crippen molar-refractivity contribution < 1.29 is 19.8 Å². The van der Waals surface area contributed by atoms with Gasteiger partial charge in [-0.1, -0.05) is 0 Å². The molecule has 1 nitrogen and oxygen atoms in total. The molecule has 1 heterocycles. The second-order valence-corrected chi connectivity index (χ2v) is 0.814. The average Bonchev–Trinajstić information content (AvgIpc) is 1.76. The summed E-state index contributed by atoms with van der Waals surface area (Å²) in [7, 11) is 0. The quantitative estimate of drug-likeness (QED) is 0.671. The van der Waals surface area contributed by atoms with Crippen LogP contribution in [0, 0.1) is 13.6 Å². The molecule has 44 valence electrons. The number of aromatic nitrogens is 1. The molecule has 0 fully saturated rings. The monoisotopic (exact) mass is 275 g/mol. The average molecular weight is 273 g/mol. The first kappa shape index (κ1) is 10.0. The van der Waals surface area contributed by atoms with Crippen LogP contribution in [0.4, 0.5) is 0 Å². The van der Waals surface area contributed by atoms with E-state index in [-0.39, 0.29) is 27.2 Å². The van der Waals surface area contributed by atoms with Gasteiger partial charge < -0.3 is 12.4 Å². The molecular weight excluding hydrogens is 264 g/mol. The Balaban J connectivity index is 0. The van der Waals surface area contributed by atoms with Gasteiger partial charge in [0, 0.05) is 0 Å². The van der Waals surface area contributed by atoms with Crippen LogP contribution in [-0.2, 0) is 19.8 Å². The van der Waals surface area contributed by atoms with Crippen LogP contribution in [0.3, 0.4) is 0 Å². The second-order valence-electron chi connectivity index (χ2n) is 0.814. The van der Waals surface area contributed by atoms with E-state index < -0.39 is 0 Å². The zero-order valence-corrected chi connectivity index (χ0v) is 7.07. The minimum Gasteiger partial charge on any atom is -0.484 e. The molecule has 0 aliphatic heterocycles. The Morgan fingerprint density at radius 1 is 1.43 bits per heavy atom. The molecule has 1 aromatic rings. The van der Waals surface area contributed by atoms with Crippen molar-refractivity contribution in [2.45, 2.75) is 0 Å². The van der Waals surface area contributed by atoms with E-state index in [0.29, 0.717) is 0 Å². The summed E-state index contributed by atoms with van der Waals surface area (Å²) in [6.07, 6.45) is 4.56. The molecule has 0 saturated carbocycles. The first-order valence-electron chi connectivity index (χ1n) is 1.49. The molecule has 0 aromatic carbocycles. The maximum Gasteiger partial charge on any atom is -0.108 e. The summed E-state index contributed by atoms with van der Waals surface area (Å²) in [5.41, 5.74) is 0. The van der Waals surface area contributed by atoms with Gasteiger partial charge in [-0.15, -0.1) is 6.20 Å². The third-order valence-electron chi connectivity index (χ3n) is 0.442. The van der Waals surface area contributed by atoms with Gasteiger partial charge in [0.15, 0.2) is 0 Å². The minimum atomic E-state index is 0. The largest absolute Gasteiger partial charge is 0.484 e. The zero-order chi connectivity index (χ0) is 3.54. The van der Waals surface area contributed by atoms with Crippen LogP contribution >= 0.6 is 0 Å². The summed E-state index contributed by atoms with van der Waals surface area (Å²) in [5, 5.41) is 0. The van der Waals surface area contributed by atoms with E-state index in [4.69, 9.17) is 0 Å². The molecule has 0 aliphatic rings. The van der Waals surface area contributed by atoms with Gasteiger partial charge in [-0.05, 0) is 0 Å². The molecule has 0 bridgehead atoms. The first-order valence-corrected chi connectivity index (χ1v) is 1.49. The van der Waals surface area contributed by atoms with Gasteiger partial charge in [-0.3, -0.25) is 0 Å². The van der Waals surface area contributed by atoms with Crippen LogP contribution < -0.4 is 0 Å². The molecule has 1 N–H and O–H groups in total. The van der Waals surface area contributed by atoms with Gasteiger partial charge in [0.2, 0.25) is 0 Å². The summed E-state index contributed by atoms with van der Waals surface area (Å²) in [6, 6.07) is 3.71. The maximum atomic E-state index is 2.74. The molecule has 0 aliphatic carbocycles. The maximum absolute atomic E-state index is 2.74. The predicted molar refractivity (Wildman–Crippen MR) is 28.8 cm³/mol. The van der Waals surface area contributed by atoms with Crippen molar-refractivity contribution in [3.05, 3.63) is 32.0 Å². The molecule has 0 radical (unpaired) electrons. The summed E-state index contributed by atoms with van der Waals surface area (Å²) in [4.78, 5) is 2.74. The number of hydrogen-bond donors (Lipinski definition) is 1. The number of rotatable bonds is 0. The van der Waals surface area contributed by atoms with Gasteiger partial charge in [0.05, 0.1) is 0 Å². The summed E-state index contributed by atoms with van der Waals surface area (Å²) in [5.74, 6) is 0. The van der Waals surface area contributed by atoms with E-state index >= 15 is 0 Å². The van der Waals surface area contributed by atoms with Crippen LogP contribution in [0.5, 0.6) is 0 Å². The van der Waals surface area contributed by atoms with Crippen LogP contribution in [0.15, 0.2) is 18.3 Å². The molecular formula is C5H9NOs-2. The minimum absolute atomic E-state index is 0. The predicted octanol–water partition coefficient (Wildman–Crippen LogP) is 0.727. The fourth-order valence-electron chi connectivity index (χ4n) is 0.241. The standard InChI is InChI=1S/C4H4N.CH3.Os.2H/c1-2-4-5-3-1;;;;/h1-3,5H;1H3;;;/q2*-1;;;. The molecule has 1 rings (SSSR count). The van der Waals surface area contributed by atoms with E-state index in [2.05, 4.69) is 11.2 Å². The molecule has 0 spiro atoms. The van der Waals surface area contributed by atoms with Crippen molar-refractivity contribution >= 4 is 0 Å². The third kappa shape index (κ3) is 3.75. The van der Waals surface area contributed by atoms with Crippen LogP contribution in [0.25, 0.3) is 0 Å². The van der Waals surface area contributed by atoms with Gasteiger partial charge >= 0.3 is 19.8 Å². The first-order chi connectivity index (χ1) is 2.50. The summed E-state index contributed by atoms with van der Waals surface area (Å²) in [6.45, 7) is 0. The summed E-state index contributed by atoms with van der Waals surface area (Å²) >= 11 is 0. The smallest absolute Gasteiger partial charge is 0.108 e. The molecule has 0 saturated heterocycles. The molecule has 2 heteroatoms. The Bertz CT molecular complexity index is 64.6. The Hall–Kier alpha value is -0.0836. The van der Waals surface area contributed by atoms with Crippen molar-refractivity contribution in [2.24, 2.45) is 0 Å². The fraction of sp³-hybridized carbons (Fsp3) is 0. The number of aromatic amines is 1. The van der Waals surface area contributed by atoms with E-state index in [0.717, 1.165) is 0 Å². The number of hydrogen-bond acceptors (Lipinski definition) is 0. The topological polar surface area (TPSA) is 15.8 Å². The molecule has 0 amide bonds. The molecule has 0 unspecified atom stereocenters.